The van der Waals surface area contributed by atoms with Crippen molar-refractivity contribution in [1.82, 2.24) is 4.98 Å². The van der Waals surface area contributed by atoms with Gasteiger partial charge in [-0.05, 0) is 65.0 Å². The van der Waals surface area contributed by atoms with Crippen molar-refractivity contribution in [1.29, 1.82) is 0 Å². The van der Waals surface area contributed by atoms with Crippen LogP contribution in [0.5, 0.6) is 0 Å². The Morgan fingerprint density at radius 1 is 0.650 bits per heavy atom. The number of benzene rings is 4. The van der Waals surface area contributed by atoms with Gasteiger partial charge in [0, 0.05) is 33.8 Å². The van der Waals surface area contributed by atoms with Gasteiger partial charge >= 0.3 is 0 Å². The van der Waals surface area contributed by atoms with Crippen LogP contribution in [0, 0.1) is 0 Å². The highest BCUT2D eigenvalue weighted by Gasteiger charge is 2.18. The number of aromatic nitrogens is 1. The summed E-state index contributed by atoms with van der Waals surface area (Å²) in [5, 5.41) is 2.53. The molecular weight excluding hydrogens is 484 g/mol. The zero-order valence-corrected chi connectivity index (χ0v) is 22.6. The van der Waals surface area contributed by atoms with E-state index in [0.717, 1.165) is 29.8 Å². The van der Waals surface area contributed by atoms with Gasteiger partial charge in [0.2, 0.25) is 0 Å². The van der Waals surface area contributed by atoms with Gasteiger partial charge in [-0.3, -0.25) is 4.99 Å². The molecule has 1 aromatic heterocycles. The van der Waals surface area contributed by atoms with Crippen molar-refractivity contribution < 1.29 is 0 Å². The molecule has 2 nitrogen and oxygen atoms in total. The van der Waals surface area contributed by atoms with Crippen molar-refractivity contribution in [2.24, 2.45) is 4.99 Å². The molecule has 0 saturated carbocycles. The molecule has 40 heavy (non-hydrogen) atoms. The highest BCUT2D eigenvalue weighted by molar-refractivity contribution is 6.08. The number of hydrogen-bond donors (Lipinski definition) is 1. The van der Waals surface area contributed by atoms with E-state index in [-0.39, 0.29) is 0 Å². The van der Waals surface area contributed by atoms with E-state index in [1.807, 2.05) is 0 Å². The molecule has 5 aromatic rings. The summed E-state index contributed by atoms with van der Waals surface area (Å²) in [5.41, 5.74) is 12.9. The van der Waals surface area contributed by atoms with E-state index >= 15 is 0 Å². The van der Waals surface area contributed by atoms with Gasteiger partial charge < -0.3 is 4.98 Å². The van der Waals surface area contributed by atoms with Crippen LogP contribution < -0.4 is 0 Å². The zero-order chi connectivity index (χ0) is 26.9. The number of aliphatic imine (C=N–C) groups is 1. The number of para-hydroxylation sites is 1. The van der Waals surface area contributed by atoms with Gasteiger partial charge in [-0.2, -0.15) is 0 Å². The molecular formula is C38H30N2. The molecule has 2 aliphatic rings. The van der Waals surface area contributed by atoms with Crippen LogP contribution in [0.1, 0.15) is 36.5 Å². The monoisotopic (exact) mass is 514 g/mol. The zero-order valence-electron chi connectivity index (χ0n) is 22.6. The summed E-state index contributed by atoms with van der Waals surface area (Å²) in [6.45, 7) is 2.22. The van der Waals surface area contributed by atoms with Crippen LogP contribution in [0.25, 0.3) is 33.1 Å². The molecule has 0 bridgehead atoms. The summed E-state index contributed by atoms with van der Waals surface area (Å²) < 4.78 is 0. The lowest BCUT2D eigenvalue weighted by Gasteiger charge is -2.13. The maximum atomic E-state index is 5.27. The van der Waals surface area contributed by atoms with Crippen molar-refractivity contribution in [3.05, 3.63) is 167 Å². The predicted molar refractivity (Wildman–Crippen MR) is 170 cm³/mol. The number of fused-ring (bicyclic) bond motifs is 3. The van der Waals surface area contributed by atoms with Crippen LogP contribution in [0.15, 0.2) is 155 Å². The van der Waals surface area contributed by atoms with Gasteiger partial charge in [0.1, 0.15) is 0 Å². The van der Waals surface area contributed by atoms with Crippen LogP contribution in [0.2, 0.25) is 0 Å². The maximum absolute atomic E-state index is 5.27. The third-order valence-corrected chi connectivity index (χ3v) is 7.89. The standard InChI is InChI=1S/C38H30N2/c1-26-32(22-23-35(27-12-4-2-5-13-27)40-38(26)28-14-6-3-7-15-28)31-17-9-8-16-29(24-31)30-20-21-34-33-18-10-11-19-36(33)39-37(34)25-30/h2-8,10-22,24-25,39H,9,23H2,1H3. The van der Waals surface area contributed by atoms with Crippen molar-refractivity contribution >= 4 is 38.8 Å². The van der Waals surface area contributed by atoms with Crippen molar-refractivity contribution in [3.63, 3.8) is 0 Å². The lowest BCUT2D eigenvalue weighted by molar-refractivity contribution is 1.29. The van der Waals surface area contributed by atoms with E-state index in [2.05, 4.69) is 145 Å². The highest BCUT2D eigenvalue weighted by Crippen LogP contribution is 2.36. The minimum absolute atomic E-state index is 0.780. The lowest BCUT2D eigenvalue weighted by atomic mass is 9.92. The molecule has 2 heteroatoms. The Morgan fingerprint density at radius 3 is 2.20 bits per heavy atom. The number of rotatable bonds is 4. The van der Waals surface area contributed by atoms with Crippen molar-refractivity contribution in [2.75, 3.05) is 0 Å². The highest BCUT2D eigenvalue weighted by atomic mass is 14.8. The van der Waals surface area contributed by atoms with Crippen molar-refractivity contribution in [3.8, 4) is 0 Å². The minimum Gasteiger partial charge on any atom is -0.354 e. The molecule has 0 amide bonds. The first-order valence-corrected chi connectivity index (χ1v) is 13.9. The average Bonchev–Trinajstić information content (AvgIpc) is 3.11. The average molecular weight is 515 g/mol. The fourth-order valence-electron chi connectivity index (χ4n) is 5.83. The fourth-order valence-corrected chi connectivity index (χ4v) is 5.83. The number of nitrogens with zero attached hydrogens (tertiary/aromatic N) is 1. The molecule has 0 fully saturated rings. The second-order valence-corrected chi connectivity index (χ2v) is 10.4. The topological polar surface area (TPSA) is 28.1 Å². The summed E-state index contributed by atoms with van der Waals surface area (Å²) in [5.74, 6) is 0. The lowest BCUT2D eigenvalue weighted by Crippen LogP contribution is -1.99. The van der Waals surface area contributed by atoms with E-state index < -0.39 is 0 Å². The Bertz CT molecular complexity index is 1920. The molecule has 2 heterocycles. The SMILES string of the molecule is CC1=C(c2ccccc2)N=C(c2ccccc2)CC=C1C1=CCC=CC(c2ccc3c(c2)[nH]c2ccccc23)=C1. The van der Waals surface area contributed by atoms with Crippen LogP contribution in [-0.2, 0) is 0 Å². The van der Waals surface area contributed by atoms with Gasteiger partial charge in [0.25, 0.3) is 0 Å². The van der Waals surface area contributed by atoms with Crippen LogP contribution >= 0.6 is 0 Å². The second kappa shape index (κ2) is 10.3. The minimum atomic E-state index is 0.780. The molecule has 1 aliphatic heterocycles. The van der Waals surface area contributed by atoms with Gasteiger partial charge in [0.15, 0.2) is 0 Å². The number of hydrogen-bond acceptors (Lipinski definition) is 1. The Hall–Kier alpha value is -4.95. The van der Waals surface area contributed by atoms with E-state index in [4.69, 9.17) is 4.99 Å². The molecule has 1 aliphatic carbocycles. The molecule has 0 unspecified atom stereocenters. The van der Waals surface area contributed by atoms with Crippen LogP contribution in [-0.4, -0.2) is 10.7 Å². The van der Waals surface area contributed by atoms with E-state index in [1.54, 1.807) is 0 Å². The molecule has 0 spiro atoms. The Kier molecular flexibility index (Phi) is 6.22. The summed E-state index contributed by atoms with van der Waals surface area (Å²) in [6, 6.07) is 36.4. The molecule has 0 atom stereocenters. The number of H-pyrrole nitrogens is 1. The van der Waals surface area contributed by atoms with E-state index in [1.165, 1.54) is 55.2 Å². The molecule has 7 rings (SSSR count). The summed E-state index contributed by atoms with van der Waals surface area (Å²) in [7, 11) is 0. The molecule has 0 radical (unpaired) electrons. The number of allylic oxidation sites excluding steroid dienone is 9. The first-order valence-electron chi connectivity index (χ1n) is 13.9. The summed E-state index contributed by atoms with van der Waals surface area (Å²) in [4.78, 5) is 8.88. The number of aromatic amines is 1. The third-order valence-electron chi connectivity index (χ3n) is 7.89. The molecule has 1 N–H and O–H groups in total. The smallest absolute Gasteiger partial charge is 0.0740 e. The largest absolute Gasteiger partial charge is 0.354 e. The summed E-state index contributed by atoms with van der Waals surface area (Å²) in [6.07, 6.45) is 13.2. The van der Waals surface area contributed by atoms with Crippen LogP contribution in [0.4, 0.5) is 0 Å². The third kappa shape index (κ3) is 4.48. The Balaban J connectivity index is 1.33. The second-order valence-electron chi connectivity index (χ2n) is 10.4. The Morgan fingerprint density at radius 2 is 1.38 bits per heavy atom. The first kappa shape index (κ1) is 24.1. The van der Waals surface area contributed by atoms with Crippen LogP contribution in [0.3, 0.4) is 0 Å². The maximum Gasteiger partial charge on any atom is 0.0740 e. The van der Waals surface area contributed by atoms with Crippen molar-refractivity contribution in [2.45, 2.75) is 19.8 Å². The van der Waals surface area contributed by atoms with Gasteiger partial charge in [-0.15, -0.1) is 0 Å². The molecule has 0 saturated heterocycles. The number of nitrogens with one attached hydrogen (secondary N) is 1. The van der Waals surface area contributed by atoms with Gasteiger partial charge in [-0.1, -0.05) is 115 Å². The fraction of sp³-hybridized carbons (Fsp3) is 0.0789. The predicted octanol–water partition coefficient (Wildman–Crippen LogP) is 9.84. The quantitative estimate of drug-likeness (QED) is 0.247. The normalized spacial score (nSPS) is 15.8. The molecule has 4 aromatic carbocycles. The Labute approximate surface area is 235 Å². The van der Waals surface area contributed by atoms with Gasteiger partial charge in [-0.25, -0.2) is 0 Å². The van der Waals surface area contributed by atoms with E-state index in [9.17, 15) is 0 Å². The van der Waals surface area contributed by atoms with Gasteiger partial charge in [0.05, 0.1) is 11.4 Å². The first-order chi connectivity index (χ1) is 19.7. The van der Waals surface area contributed by atoms with E-state index in [0.29, 0.717) is 0 Å². The molecule has 192 valence electrons. The summed E-state index contributed by atoms with van der Waals surface area (Å²) >= 11 is 0.